The van der Waals surface area contributed by atoms with Crippen molar-refractivity contribution in [2.24, 2.45) is 0 Å². The Balaban J connectivity index is 2.01. The molecule has 12 heteroatoms. The first-order chi connectivity index (χ1) is 13.1. The summed E-state index contributed by atoms with van der Waals surface area (Å²) in [6, 6.07) is 3.17. The number of nitro benzene ring substituents is 1. The van der Waals surface area contributed by atoms with Crippen LogP contribution in [0.2, 0.25) is 0 Å². The highest BCUT2D eigenvalue weighted by Gasteiger charge is 2.31. The van der Waals surface area contributed by atoms with E-state index in [2.05, 4.69) is 10.6 Å². The Morgan fingerprint density at radius 3 is 2.43 bits per heavy atom. The fraction of sp³-hybridized carbons (Fsp3) is 0.500. The normalized spacial score (nSPS) is 15.8. The predicted molar refractivity (Wildman–Crippen MR) is 100 cm³/mol. The summed E-state index contributed by atoms with van der Waals surface area (Å²) in [6.45, 7) is 4.56. The number of nitrogens with zero attached hydrogens (tertiary/aromatic N) is 3. The zero-order valence-electron chi connectivity index (χ0n) is 15.7. The molecule has 0 saturated carbocycles. The van der Waals surface area contributed by atoms with Crippen LogP contribution in [0.25, 0.3) is 0 Å². The van der Waals surface area contributed by atoms with Gasteiger partial charge in [0.1, 0.15) is 0 Å². The van der Waals surface area contributed by atoms with Gasteiger partial charge < -0.3 is 5.32 Å². The number of amides is 3. The first-order valence-corrected chi connectivity index (χ1v) is 10.1. The molecule has 0 spiro atoms. The number of benzene rings is 1. The molecule has 1 aliphatic rings. The molecule has 1 fully saturated rings. The number of imide groups is 1. The second kappa shape index (κ2) is 9.08. The van der Waals surface area contributed by atoms with Gasteiger partial charge in [-0.3, -0.25) is 25.1 Å². The van der Waals surface area contributed by atoms with Crippen LogP contribution >= 0.6 is 0 Å². The van der Waals surface area contributed by atoms with Crippen LogP contribution in [0, 0.1) is 17.0 Å². The van der Waals surface area contributed by atoms with Crippen LogP contribution in [0.15, 0.2) is 23.1 Å². The monoisotopic (exact) mass is 413 g/mol. The van der Waals surface area contributed by atoms with Gasteiger partial charge >= 0.3 is 6.03 Å². The zero-order chi connectivity index (χ0) is 20.9. The van der Waals surface area contributed by atoms with E-state index < -0.39 is 26.9 Å². The highest BCUT2D eigenvalue weighted by Crippen LogP contribution is 2.25. The van der Waals surface area contributed by atoms with Crippen molar-refractivity contribution in [3.05, 3.63) is 33.9 Å². The van der Waals surface area contributed by atoms with Gasteiger partial charge in [-0.05, 0) is 19.4 Å². The Morgan fingerprint density at radius 1 is 1.21 bits per heavy atom. The van der Waals surface area contributed by atoms with E-state index >= 15 is 0 Å². The Bertz CT molecular complexity index is 864. The number of carbonyl (C=O) groups is 2. The molecule has 0 aliphatic carbocycles. The third-order valence-electron chi connectivity index (χ3n) is 4.29. The highest BCUT2D eigenvalue weighted by atomic mass is 32.2. The van der Waals surface area contributed by atoms with Crippen molar-refractivity contribution < 1.29 is 22.9 Å². The van der Waals surface area contributed by atoms with Crippen molar-refractivity contribution in [3.8, 4) is 0 Å². The molecule has 28 heavy (non-hydrogen) atoms. The maximum Gasteiger partial charge on any atom is 0.321 e. The Labute approximate surface area is 162 Å². The summed E-state index contributed by atoms with van der Waals surface area (Å²) < 4.78 is 27.0. The van der Waals surface area contributed by atoms with Crippen LogP contribution in [-0.4, -0.2) is 73.8 Å². The average molecular weight is 413 g/mol. The van der Waals surface area contributed by atoms with Gasteiger partial charge in [0, 0.05) is 44.9 Å². The van der Waals surface area contributed by atoms with Gasteiger partial charge in [0.15, 0.2) is 0 Å². The summed E-state index contributed by atoms with van der Waals surface area (Å²) in [4.78, 5) is 35.1. The lowest BCUT2D eigenvalue weighted by atomic mass is 10.2. The number of hydrogen-bond acceptors (Lipinski definition) is 7. The average Bonchev–Trinajstić information content (AvgIpc) is 2.62. The molecular formula is C16H23N5O6S. The van der Waals surface area contributed by atoms with Crippen molar-refractivity contribution in [1.29, 1.82) is 0 Å². The number of nitrogens with one attached hydrogen (secondary N) is 2. The molecular weight excluding hydrogens is 390 g/mol. The van der Waals surface area contributed by atoms with E-state index in [9.17, 15) is 28.1 Å². The van der Waals surface area contributed by atoms with Gasteiger partial charge in [0.2, 0.25) is 15.9 Å². The van der Waals surface area contributed by atoms with Gasteiger partial charge in [-0.1, -0.05) is 6.07 Å². The number of non-ortho nitro benzene ring substituents is 1. The predicted octanol–water partition coefficient (Wildman–Crippen LogP) is 0.0552. The largest absolute Gasteiger partial charge is 0.338 e. The maximum absolute atomic E-state index is 12.9. The summed E-state index contributed by atoms with van der Waals surface area (Å²) in [6.07, 6.45) is 0. The Kier molecular flexibility index (Phi) is 7.05. The molecule has 0 aromatic heterocycles. The standard InChI is InChI=1S/C16H23N5O6S/c1-3-17-16(23)18-15(22)11-19-6-8-20(9-7-19)28(26,27)14-10-13(21(24)25)5-4-12(14)2/h4-5,10H,3,6-9,11H2,1-2H3,(H2,17,18,22,23). The van der Waals surface area contributed by atoms with Crippen molar-refractivity contribution in [3.63, 3.8) is 0 Å². The van der Waals surface area contributed by atoms with E-state index in [1.165, 1.54) is 16.4 Å². The fourth-order valence-corrected chi connectivity index (χ4v) is 4.49. The van der Waals surface area contributed by atoms with Crippen LogP contribution in [0.3, 0.4) is 0 Å². The van der Waals surface area contributed by atoms with Gasteiger partial charge in [0.25, 0.3) is 5.69 Å². The first-order valence-electron chi connectivity index (χ1n) is 8.70. The van der Waals surface area contributed by atoms with Crippen LogP contribution in [0.4, 0.5) is 10.5 Å². The van der Waals surface area contributed by atoms with E-state index in [1.54, 1.807) is 18.7 Å². The minimum Gasteiger partial charge on any atom is -0.338 e. The highest BCUT2D eigenvalue weighted by molar-refractivity contribution is 7.89. The molecule has 0 unspecified atom stereocenters. The number of sulfonamides is 1. The number of aryl methyl sites for hydroxylation is 1. The molecule has 1 saturated heterocycles. The van der Waals surface area contributed by atoms with Crippen LogP contribution in [-0.2, 0) is 14.8 Å². The molecule has 1 heterocycles. The van der Waals surface area contributed by atoms with E-state index in [4.69, 9.17) is 0 Å². The van der Waals surface area contributed by atoms with E-state index in [0.717, 1.165) is 6.07 Å². The van der Waals surface area contributed by atoms with Gasteiger partial charge in [-0.2, -0.15) is 4.31 Å². The molecule has 2 rings (SSSR count). The summed E-state index contributed by atoms with van der Waals surface area (Å²) in [5, 5.41) is 15.6. The lowest BCUT2D eigenvalue weighted by Gasteiger charge is -2.33. The number of carbonyl (C=O) groups excluding carboxylic acids is 2. The molecule has 3 amide bonds. The molecule has 1 aromatic carbocycles. The molecule has 1 aliphatic heterocycles. The lowest BCUT2D eigenvalue weighted by Crippen LogP contribution is -2.52. The quantitative estimate of drug-likeness (QED) is 0.496. The Hall–Kier alpha value is -2.57. The molecule has 1 aromatic rings. The third-order valence-corrected chi connectivity index (χ3v) is 6.33. The van der Waals surface area contributed by atoms with Gasteiger partial charge in [-0.15, -0.1) is 0 Å². The minimum atomic E-state index is -3.89. The van der Waals surface area contributed by atoms with Gasteiger partial charge in [0.05, 0.1) is 16.4 Å². The summed E-state index contributed by atoms with van der Waals surface area (Å²) in [7, 11) is -3.89. The van der Waals surface area contributed by atoms with E-state index in [1.807, 2.05) is 0 Å². The molecule has 2 N–H and O–H groups in total. The van der Waals surface area contributed by atoms with Crippen molar-refractivity contribution in [2.45, 2.75) is 18.7 Å². The van der Waals surface area contributed by atoms with E-state index in [0.29, 0.717) is 25.2 Å². The minimum absolute atomic E-state index is 0.0269. The first kappa shape index (κ1) is 21.7. The van der Waals surface area contributed by atoms with Crippen LogP contribution < -0.4 is 10.6 Å². The number of piperazine rings is 1. The summed E-state index contributed by atoms with van der Waals surface area (Å²) in [5.74, 6) is -0.475. The van der Waals surface area contributed by atoms with Crippen LogP contribution in [0.1, 0.15) is 12.5 Å². The molecule has 154 valence electrons. The number of nitro groups is 1. The van der Waals surface area contributed by atoms with Crippen molar-refractivity contribution in [1.82, 2.24) is 19.8 Å². The van der Waals surface area contributed by atoms with E-state index in [-0.39, 0.29) is 30.2 Å². The number of rotatable bonds is 6. The van der Waals surface area contributed by atoms with Crippen molar-refractivity contribution >= 4 is 27.6 Å². The molecule has 0 bridgehead atoms. The van der Waals surface area contributed by atoms with Crippen molar-refractivity contribution in [2.75, 3.05) is 39.3 Å². The molecule has 11 nitrogen and oxygen atoms in total. The Morgan fingerprint density at radius 2 is 1.86 bits per heavy atom. The third kappa shape index (κ3) is 5.24. The molecule has 0 atom stereocenters. The topological polar surface area (TPSA) is 142 Å². The summed E-state index contributed by atoms with van der Waals surface area (Å²) in [5.41, 5.74) is 0.138. The van der Waals surface area contributed by atoms with Gasteiger partial charge in [-0.25, -0.2) is 13.2 Å². The number of hydrogen-bond donors (Lipinski definition) is 2. The van der Waals surface area contributed by atoms with Crippen LogP contribution in [0.5, 0.6) is 0 Å². The molecule has 0 radical (unpaired) electrons. The summed E-state index contributed by atoms with van der Waals surface area (Å²) >= 11 is 0. The smallest absolute Gasteiger partial charge is 0.321 e. The lowest BCUT2D eigenvalue weighted by molar-refractivity contribution is -0.385. The fourth-order valence-electron chi connectivity index (χ4n) is 2.82. The second-order valence-corrected chi connectivity index (χ2v) is 8.20. The SMILES string of the molecule is CCNC(=O)NC(=O)CN1CCN(S(=O)(=O)c2cc([N+](=O)[O-])ccc2C)CC1. The zero-order valence-corrected chi connectivity index (χ0v) is 16.5. The number of urea groups is 1. The second-order valence-electron chi connectivity index (χ2n) is 6.29. The maximum atomic E-state index is 12.9.